The van der Waals surface area contributed by atoms with Crippen LogP contribution in [0.1, 0.15) is 32.1 Å². The van der Waals surface area contributed by atoms with Gasteiger partial charge in [0.1, 0.15) is 0 Å². The first-order chi connectivity index (χ1) is 5.40. The Morgan fingerprint density at radius 2 is 2.09 bits per heavy atom. The average Bonchev–Trinajstić information content (AvgIpc) is 2.46. The lowest BCUT2D eigenvalue weighted by Crippen LogP contribution is -2.33. The van der Waals surface area contributed by atoms with E-state index in [-0.39, 0.29) is 6.04 Å². The van der Waals surface area contributed by atoms with E-state index in [0.717, 1.165) is 12.3 Å². The van der Waals surface area contributed by atoms with Crippen LogP contribution in [-0.2, 0) is 4.79 Å². The molecule has 1 saturated carbocycles. The lowest BCUT2D eigenvalue weighted by Gasteiger charge is -2.24. The van der Waals surface area contributed by atoms with Gasteiger partial charge in [0.25, 0.3) is 0 Å². The third kappa shape index (κ3) is 1.32. The summed E-state index contributed by atoms with van der Waals surface area (Å²) >= 11 is 0. The number of nitrogens with one attached hydrogen (secondary N) is 1. The Morgan fingerprint density at radius 3 is 2.82 bits per heavy atom. The van der Waals surface area contributed by atoms with Crippen molar-refractivity contribution in [2.45, 2.75) is 44.2 Å². The standard InChI is InChI=1S/C9H14NO/c11-6-8-5-7-3-1-2-4-9(7)10-8/h7-10H,1-5H2/t7-,8+,9-/m1/s1. The van der Waals surface area contributed by atoms with Crippen LogP contribution in [0.3, 0.4) is 0 Å². The highest BCUT2D eigenvalue weighted by molar-refractivity contribution is 5.59. The zero-order valence-corrected chi connectivity index (χ0v) is 6.68. The van der Waals surface area contributed by atoms with Crippen molar-refractivity contribution in [3.05, 3.63) is 0 Å². The first-order valence-corrected chi connectivity index (χ1v) is 4.54. The largest absolute Gasteiger partial charge is 0.304 e. The molecule has 0 aromatic carbocycles. The van der Waals surface area contributed by atoms with E-state index >= 15 is 0 Å². The molecule has 2 aliphatic rings. The van der Waals surface area contributed by atoms with Crippen LogP contribution < -0.4 is 5.32 Å². The average molecular weight is 152 g/mol. The lowest BCUT2D eigenvalue weighted by atomic mass is 9.85. The fraction of sp³-hybridized carbons (Fsp3) is 0.889. The molecule has 1 heterocycles. The van der Waals surface area contributed by atoms with Gasteiger partial charge in [-0.3, -0.25) is 4.79 Å². The highest BCUT2D eigenvalue weighted by Crippen LogP contribution is 2.32. The van der Waals surface area contributed by atoms with Gasteiger partial charge in [-0.15, -0.1) is 0 Å². The summed E-state index contributed by atoms with van der Waals surface area (Å²) in [5.74, 6) is 0.773. The van der Waals surface area contributed by atoms with E-state index < -0.39 is 0 Å². The molecule has 0 aromatic rings. The van der Waals surface area contributed by atoms with Gasteiger partial charge in [0.15, 0.2) is 0 Å². The molecule has 0 amide bonds. The summed E-state index contributed by atoms with van der Waals surface area (Å²) < 4.78 is 0. The van der Waals surface area contributed by atoms with Crippen LogP contribution in [0.2, 0.25) is 0 Å². The van der Waals surface area contributed by atoms with Crippen molar-refractivity contribution in [2.24, 2.45) is 5.92 Å². The van der Waals surface area contributed by atoms with Gasteiger partial charge < -0.3 is 5.32 Å². The molecule has 1 N–H and O–H groups in total. The van der Waals surface area contributed by atoms with E-state index in [2.05, 4.69) is 11.6 Å². The summed E-state index contributed by atoms with van der Waals surface area (Å²) in [5.41, 5.74) is 0. The SMILES string of the molecule is O=[C][C@@H]1C[C@H]2CCCC[C@H]2N1. The summed E-state index contributed by atoms with van der Waals surface area (Å²) in [7, 11) is 0. The molecule has 1 aliphatic carbocycles. The maximum atomic E-state index is 10.4. The zero-order valence-electron chi connectivity index (χ0n) is 6.68. The van der Waals surface area contributed by atoms with Crippen LogP contribution in [0.4, 0.5) is 0 Å². The Balaban J connectivity index is 1.97. The summed E-state index contributed by atoms with van der Waals surface area (Å²) in [6.07, 6.45) is 8.37. The van der Waals surface area contributed by atoms with Crippen molar-refractivity contribution < 1.29 is 4.79 Å². The second-order valence-corrected chi connectivity index (χ2v) is 3.72. The molecule has 1 aliphatic heterocycles. The molecular weight excluding hydrogens is 138 g/mol. The topological polar surface area (TPSA) is 29.1 Å². The van der Waals surface area contributed by atoms with Gasteiger partial charge in [-0.25, -0.2) is 0 Å². The van der Waals surface area contributed by atoms with Crippen LogP contribution in [0.15, 0.2) is 0 Å². The van der Waals surface area contributed by atoms with Crippen LogP contribution >= 0.6 is 0 Å². The molecule has 0 aromatic heterocycles. The molecule has 2 rings (SSSR count). The summed E-state index contributed by atoms with van der Waals surface area (Å²) in [4.78, 5) is 10.4. The van der Waals surface area contributed by atoms with Crippen molar-refractivity contribution in [1.29, 1.82) is 0 Å². The fourth-order valence-electron chi connectivity index (χ4n) is 2.42. The second kappa shape index (κ2) is 2.94. The van der Waals surface area contributed by atoms with Gasteiger partial charge in [-0.1, -0.05) is 12.8 Å². The number of fused-ring (bicyclic) bond motifs is 1. The van der Waals surface area contributed by atoms with Gasteiger partial charge in [-0.2, -0.15) is 0 Å². The molecule has 2 nitrogen and oxygen atoms in total. The predicted octanol–water partition coefficient (Wildman–Crippen LogP) is 1.02. The second-order valence-electron chi connectivity index (χ2n) is 3.72. The van der Waals surface area contributed by atoms with Crippen LogP contribution in [0, 0.1) is 5.92 Å². The molecule has 0 unspecified atom stereocenters. The molecule has 11 heavy (non-hydrogen) atoms. The molecule has 1 radical (unpaired) electrons. The Morgan fingerprint density at radius 1 is 1.27 bits per heavy atom. The third-order valence-corrected chi connectivity index (χ3v) is 3.01. The zero-order chi connectivity index (χ0) is 7.68. The molecule has 3 atom stereocenters. The van der Waals surface area contributed by atoms with Gasteiger partial charge in [-0.05, 0) is 25.2 Å². The first kappa shape index (κ1) is 7.29. The summed E-state index contributed by atoms with van der Waals surface area (Å²) in [6.45, 7) is 0. The monoisotopic (exact) mass is 152 g/mol. The van der Waals surface area contributed by atoms with E-state index in [1.807, 2.05) is 0 Å². The fourth-order valence-corrected chi connectivity index (χ4v) is 2.42. The minimum atomic E-state index is 0.0445. The molecule has 2 heteroatoms. The van der Waals surface area contributed by atoms with Crippen LogP contribution in [-0.4, -0.2) is 18.4 Å². The highest BCUT2D eigenvalue weighted by atomic mass is 16.1. The van der Waals surface area contributed by atoms with Crippen LogP contribution in [0.5, 0.6) is 0 Å². The maximum Gasteiger partial charge on any atom is 0.216 e. The summed E-state index contributed by atoms with van der Waals surface area (Å²) in [6, 6.07) is 0.679. The van der Waals surface area contributed by atoms with E-state index in [0.29, 0.717) is 6.04 Å². The van der Waals surface area contributed by atoms with E-state index in [4.69, 9.17) is 0 Å². The van der Waals surface area contributed by atoms with E-state index in [1.54, 1.807) is 0 Å². The molecule has 2 fully saturated rings. The summed E-state index contributed by atoms with van der Waals surface area (Å²) in [5, 5.41) is 3.32. The van der Waals surface area contributed by atoms with Crippen molar-refractivity contribution in [1.82, 2.24) is 5.32 Å². The van der Waals surface area contributed by atoms with Crippen molar-refractivity contribution in [3.63, 3.8) is 0 Å². The quantitative estimate of drug-likeness (QED) is 0.607. The predicted molar refractivity (Wildman–Crippen MR) is 43.0 cm³/mol. The molecule has 1 saturated heterocycles. The minimum Gasteiger partial charge on any atom is -0.304 e. The molecule has 61 valence electrons. The Labute approximate surface area is 67.4 Å². The normalized spacial score (nSPS) is 43.5. The molecular formula is C9H14NO. The van der Waals surface area contributed by atoms with Gasteiger partial charge in [0.2, 0.25) is 6.29 Å². The number of hydrogen-bond acceptors (Lipinski definition) is 2. The maximum absolute atomic E-state index is 10.4. The number of hydrogen-bond donors (Lipinski definition) is 1. The van der Waals surface area contributed by atoms with Crippen molar-refractivity contribution >= 4 is 6.29 Å². The Kier molecular flexibility index (Phi) is 1.95. The molecule has 0 bridgehead atoms. The highest BCUT2D eigenvalue weighted by Gasteiger charge is 2.34. The number of rotatable bonds is 1. The lowest BCUT2D eigenvalue weighted by molar-refractivity contribution is 0.326. The van der Waals surface area contributed by atoms with E-state index in [1.165, 1.54) is 25.7 Å². The van der Waals surface area contributed by atoms with E-state index in [9.17, 15) is 4.79 Å². The first-order valence-electron chi connectivity index (χ1n) is 4.54. The smallest absolute Gasteiger partial charge is 0.216 e. The van der Waals surface area contributed by atoms with Gasteiger partial charge in [0, 0.05) is 6.04 Å². The minimum absolute atomic E-state index is 0.0445. The molecule has 0 spiro atoms. The van der Waals surface area contributed by atoms with Gasteiger partial charge in [0.05, 0.1) is 6.04 Å². The number of carbonyl (C=O) groups excluding carboxylic acids is 1. The third-order valence-electron chi connectivity index (χ3n) is 3.01. The Hall–Kier alpha value is -0.370. The van der Waals surface area contributed by atoms with Crippen molar-refractivity contribution in [2.75, 3.05) is 0 Å². The Bertz CT molecular complexity index is 144. The van der Waals surface area contributed by atoms with Crippen molar-refractivity contribution in [3.8, 4) is 0 Å². The van der Waals surface area contributed by atoms with Crippen LogP contribution in [0.25, 0.3) is 0 Å². The van der Waals surface area contributed by atoms with Gasteiger partial charge >= 0.3 is 0 Å².